The van der Waals surface area contributed by atoms with Gasteiger partial charge in [-0.05, 0) is 6.92 Å². The Hall–Kier alpha value is -1.18. The summed E-state index contributed by atoms with van der Waals surface area (Å²) < 4.78 is 20.8. The molecule has 0 aromatic heterocycles. The summed E-state index contributed by atoms with van der Waals surface area (Å²) in [5.74, 6) is -0.869. The number of esters is 2. The molecule has 0 bridgehead atoms. The Morgan fingerprint density at radius 1 is 1.37 bits per heavy atom. The number of hydrogen-bond acceptors (Lipinski definition) is 7. The van der Waals surface area contributed by atoms with Crippen LogP contribution >= 0.6 is 0 Å². The summed E-state index contributed by atoms with van der Waals surface area (Å²) in [7, 11) is 0. The van der Waals surface area contributed by atoms with E-state index in [2.05, 4.69) is 0 Å². The third kappa shape index (κ3) is 5.54. The van der Waals surface area contributed by atoms with Gasteiger partial charge >= 0.3 is 11.9 Å². The first-order valence-electron chi connectivity index (χ1n) is 6.16. The van der Waals surface area contributed by atoms with Crippen molar-refractivity contribution in [3.05, 3.63) is 0 Å². The van der Waals surface area contributed by atoms with Crippen molar-refractivity contribution in [3.63, 3.8) is 0 Å². The van der Waals surface area contributed by atoms with Gasteiger partial charge in [-0.2, -0.15) is 0 Å². The first-order valence-corrected chi connectivity index (χ1v) is 6.16. The summed E-state index contributed by atoms with van der Waals surface area (Å²) in [6.45, 7) is 4.39. The Morgan fingerprint density at radius 2 is 2.05 bits per heavy atom. The summed E-state index contributed by atoms with van der Waals surface area (Å²) in [6.07, 6.45) is -2.34. The SMILES string of the molecule is CC(=O)OC[C@H]1OCC[C@@H](OC(C)=O)[C@@H]1OC(C)O. The van der Waals surface area contributed by atoms with Crippen LogP contribution in [-0.2, 0) is 28.5 Å². The normalized spacial score (nSPS) is 28.5. The van der Waals surface area contributed by atoms with E-state index in [1.54, 1.807) is 0 Å². The van der Waals surface area contributed by atoms with Crippen LogP contribution in [0.15, 0.2) is 0 Å². The molecule has 1 fully saturated rings. The van der Waals surface area contributed by atoms with Crippen molar-refractivity contribution in [2.75, 3.05) is 13.2 Å². The Labute approximate surface area is 111 Å². The molecule has 0 aliphatic carbocycles. The third-order valence-electron chi connectivity index (χ3n) is 2.59. The van der Waals surface area contributed by atoms with Crippen LogP contribution in [0.25, 0.3) is 0 Å². The highest BCUT2D eigenvalue weighted by Gasteiger charge is 2.38. The summed E-state index contributed by atoms with van der Waals surface area (Å²) in [4.78, 5) is 21.9. The molecule has 1 N–H and O–H groups in total. The van der Waals surface area contributed by atoms with Gasteiger partial charge in [0, 0.05) is 20.3 Å². The first kappa shape index (κ1) is 15.9. The molecule has 110 valence electrons. The van der Waals surface area contributed by atoms with Crippen LogP contribution in [-0.4, -0.2) is 54.9 Å². The van der Waals surface area contributed by atoms with Gasteiger partial charge in [0.2, 0.25) is 0 Å². The lowest BCUT2D eigenvalue weighted by Gasteiger charge is -2.37. The van der Waals surface area contributed by atoms with E-state index in [0.29, 0.717) is 13.0 Å². The fourth-order valence-corrected chi connectivity index (χ4v) is 1.92. The molecule has 0 aromatic rings. The number of aliphatic hydroxyl groups excluding tert-OH is 1. The third-order valence-corrected chi connectivity index (χ3v) is 2.59. The average Bonchev–Trinajstić information content (AvgIpc) is 2.28. The zero-order valence-corrected chi connectivity index (χ0v) is 11.3. The molecule has 1 rings (SSSR count). The van der Waals surface area contributed by atoms with Crippen LogP contribution in [0.5, 0.6) is 0 Å². The predicted octanol–water partition coefficient (Wildman–Crippen LogP) is -0.00640. The molecule has 19 heavy (non-hydrogen) atoms. The molecule has 4 atom stereocenters. The molecule has 1 aliphatic heterocycles. The van der Waals surface area contributed by atoms with E-state index in [4.69, 9.17) is 18.9 Å². The van der Waals surface area contributed by atoms with Crippen molar-refractivity contribution in [2.45, 2.75) is 51.8 Å². The maximum Gasteiger partial charge on any atom is 0.302 e. The van der Waals surface area contributed by atoms with Gasteiger partial charge in [0.1, 0.15) is 24.9 Å². The molecule has 1 aliphatic rings. The highest BCUT2D eigenvalue weighted by atomic mass is 16.7. The van der Waals surface area contributed by atoms with Gasteiger partial charge in [0.15, 0.2) is 6.29 Å². The Balaban J connectivity index is 2.69. The van der Waals surface area contributed by atoms with Crippen LogP contribution < -0.4 is 0 Å². The van der Waals surface area contributed by atoms with Gasteiger partial charge in [-0.1, -0.05) is 0 Å². The van der Waals surface area contributed by atoms with Crippen molar-refractivity contribution in [2.24, 2.45) is 0 Å². The van der Waals surface area contributed by atoms with E-state index in [-0.39, 0.29) is 6.61 Å². The summed E-state index contributed by atoms with van der Waals surface area (Å²) in [6, 6.07) is 0. The monoisotopic (exact) mass is 276 g/mol. The predicted molar refractivity (Wildman–Crippen MR) is 63.1 cm³/mol. The molecule has 0 saturated carbocycles. The van der Waals surface area contributed by atoms with Gasteiger partial charge < -0.3 is 24.1 Å². The Morgan fingerprint density at radius 3 is 2.58 bits per heavy atom. The van der Waals surface area contributed by atoms with Gasteiger partial charge in [-0.15, -0.1) is 0 Å². The smallest absolute Gasteiger partial charge is 0.302 e. The fraction of sp³-hybridized carbons (Fsp3) is 0.833. The molecule has 7 heteroatoms. The van der Waals surface area contributed by atoms with Crippen molar-refractivity contribution >= 4 is 11.9 Å². The van der Waals surface area contributed by atoms with Crippen molar-refractivity contribution in [1.29, 1.82) is 0 Å². The van der Waals surface area contributed by atoms with E-state index in [9.17, 15) is 14.7 Å². The van der Waals surface area contributed by atoms with Crippen LogP contribution in [0.4, 0.5) is 0 Å². The quantitative estimate of drug-likeness (QED) is 0.558. The van der Waals surface area contributed by atoms with E-state index >= 15 is 0 Å². The van der Waals surface area contributed by atoms with Gasteiger partial charge in [-0.25, -0.2) is 0 Å². The van der Waals surface area contributed by atoms with E-state index < -0.39 is 36.5 Å². The number of hydrogen-bond donors (Lipinski definition) is 1. The Kier molecular flexibility index (Phi) is 6.20. The molecule has 0 radical (unpaired) electrons. The summed E-state index contributed by atoms with van der Waals surface area (Å²) in [5, 5.41) is 9.33. The second-order valence-corrected chi connectivity index (χ2v) is 4.35. The molecule has 7 nitrogen and oxygen atoms in total. The maximum atomic E-state index is 11.0. The number of carbonyl (C=O) groups is 2. The highest BCUT2D eigenvalue weighted by molar-refractivity contribution is 5.66. The lowest BCUT2D eigenvalue weighted by molar-refractivity contribution is -0.233. The zero-order valence-electron chi connectivity index (χ0n) is 11.3. The molecular formula is C12H20O7. The number of ether oxygens (including phenoxy) is 4. The minimum Gasteiger partial charge on any atom is -0.463 e. The number of aliphatic hydroxyl groups is 1. The molecular weight excluding hydrogens is 256 g/mol. The van der Waals surface area contributed by atoms with Crippen LogP contribution in [0.1, 0.15) is 27.2 Å². The van der Waals surface area contributed by atoms with Crippen molar-refractivity contribution < 1.29 is 33.6 Å². The van der Waals surface area contributed by atoms with Gasteiger partial charge in [0.25, 0.3) is 0 Å². The first-order chi connectivity index (χ1) is 8.90. The van der Waals surface area contributed by atoms with Gasteiger partial charge in [-0.3, -0.25) is 9.59 Å². The van der Waals surface area contributed by atoms with E-state index in [0.717, 1.165) is 0 Å². The van der Waals surface area contributed by atoms with Crippen molar-refractivity contribution in [1.82, 2.24) is 0 Å². The van der Waals surface area contributed by atoms with E-state index in [1.807, 2.05) is 0 Å². The van der Waals surface area contributed by atoms with Crippen LogP contribution in [0.2, 0.25) is 0 Å². The molecule has 0 aromatic carbocycles. The second kappa shape index (κ2) is 7.42. The number of rotatable bonds is 5. The highest BCUT2D eigenvalue weighted by Crippen LogP contribution is 2.22. The van der Waals surface area contributed by atoms with Gasteiger partial charge in [0.05, 0.1) is 6.61 Å². The molecule has 1 saturated heterocycles. The summed E-state index contributed by atoms with van der Waals surface area (Å²) in [5.41, 5.74) is 0. The van der Waals surface area contributed by atoms with Crippen molar-refractivity contribution in [3.8, 4) is 0 Å². The molecule has 1 unspecified atom stereocenters. The lowest BCUT2D eigenvalue weighted by Crippen LogP contribution is -2.51. The molecule has 0 spiro atoms. The van der Waals surface area contributed by atoms with Crippen LogP contribution in [0.3, 0.4) is 0 Å². The fourth-order valence-electron chi connectivity index (χ4n) is 1.92. The zero-order chi connectivity index (χ0) is 14.4. The largest absolute Gasteiger partial charge is 0.463 e. The van der Waals surface area contributed by atoms with E-state index in [1.165, 1.54) is 20.8 Å². The maximum absolute atomic E-state index is 11.0. The molecule has 0 amide bonds. The Bertz CT molecular complexity index is 315. The lowest BCUT2D eigenvalue weighted by atomic mass is 10.0. The minimum atomic E-state index is -1.04. The summed E-state index contributed by atoms with van der Waals surface area (Å²) >= 11 is 0. The second-order valence-electron chi connectivity index (χ2n) is 4.35. The minimum absolute atomic E-state index is 0.00944. The standard InChI is InChI=1S/C12H20O7/c1-7(13)17-6-11-12(19-9(3)15)10(4-5-16-11)18-8(2)14/h9-12,15H,4-6H2,1-3H3/t9?,10-,11-,12+/m1/s1. The topological polar surface area (TPSA) is 91.3 Å². The van der Waals surface area contributed by atoms with Crippen LogP contribution in [0, 0.1) is 0 Å². The number of carbonyl (C=O) groups excluding carboxylic acids is 2. The average molecular weight is 276 g/mol. The molecule has 1 heterocycles.